The highest BCUT2D eigenvalue weighted by Gasteiger charge is 2.31. The monoisotopic (exact) mass is 298 g/mol. The van der Waals surface area contributed by atoms with Gasteiger partial charge in [0.05, 0.1) is 13.2 Å². The van der Waals surface area contributed by atoms with Crippen molar-refractivity contribution in [2.45, 2.75) is 32.3 Å². The van der Waals surface area contributed by atoms with Crippen molar-refractivity contribution in [2.24, 2.45) is 11.8 Å². The molecule has 0 spiro atoms. The largest absolute Gasteiger partial charge is 0.496 e. The van der Waals surface area contributed by atoms with Gasteiger partial charge in [-0.3, -0.25) is 0 Å². The molecular formula is C14H19BrO2. The van der Waals surface area contributed by atoms with Gasteiger partial charge in [-0.2, -0.15) is 0 Å². The molecule has 1 aliphatic rings. The molecule has 0 heterocycles. The smallest absolute Gasteiger partial charge is 0.122 e. The molecule has 1 N–H and O–H groups in total. The number of aliphatic hydroxyl groups excluding tert-OH is 1. The van der Waals surface area contributed by atoms with Crippen LogP contribution in [-0.2, 0) is 6.42 Å². The van der Waals surface area contributed by atoms with Gasteiger partial charge in [-0.25, -0.2) is 0 Å². The molecule has 1 fully saturated rings. The number of hydrogen-bond acceptors (Lipinski definition) is 2. The molecule has 3 heteroatoms. The lowest BCUT2D eigenvalue weighted by atomic mass is 9.90. The Labute approximate surface area is 111 Å². The van der Waals surface area contributed by atoms with E-state index in [9.17, 15) is 5.11 Å². The summed E-state index contributed by atoms with van der Waals surface area (Å²) in [5.74, 6) is 1.90. The van der Waals surface area contributed by atoms with Crippen molar-refractivity contribution in [1.29, 1.82) is 0 Å². The minimum absolute atomic E-state index is 0.127. The van der Waals surface area contributed by atoms with E-state index in [0.717, 1.165) is 29.5 Å². The lowest BCUT2D eigenvalue weighted by Gasteiger charge is -2.19. The molecule has 2 rings (SSSR count). The third-order valence-electron chi connectivity index (χ3n) is 3.91. The summed E-state index contributed by atoms with van der Waals surface area (Å²) in [7, 11) is 1.71. The number of methoxy groups -OCH3 is 1. The average molecular weight is 299 g/mol. The van der Waals surface area contributed by atoms with Crippen LogP contribution in [0.4, 0.5) is 0 Å². The first-order chi connectivity index (χ1) is 8.11. The predicted molar refractivity (Wildman–Crippen MR) is 72.3 cm³/mol. The van der Waals surface area contributed by atoms with E-state index in [0.29, 0.717) is 11.8 Å². The van der Waals surface area contributed by atoms with Crippen LogP contribution in [0.1, 0.15) is 25.3 Å². The van der Waals surface area contributed by atoms with Crippen molar-refractivity contribution < 1.29 is 9.84 Å². The third kappa shape index (κ3) is 2.83. The van der Waals surface area contributed by atoms with Crippen LogP contribution in [0.25, 0.3) is 0 Å². The molecule has 0 bridgehead atoms. The van der Waals surface area contributed by atoms with Gasteiger partial charge in [0.15, 0.2) is 0 Å². The van der Waals surface area contributed by atoms with Gasteiger partial charge in [-0.1, -0.05) is 22.9 Å². The van der Waals surface area contributed by atoms with Gasteiger partial charge in [0.25, 0.3) is 0 Å². The first-order valence-corrected chi connectivity index (χ1v) is 6.91. The third-order valence-corrected chi connectivity index (χ3v) is 4.40. The molecule has 3 unspecified atom stereocenters. The second-order valence-corrected chi connectivity index (χ2v) is 5.84. The minimum Gasteiger partial charge on any atom is -0.496 e. The summed E-state index contributed by atoms with van der Waals surface area (Å²) in [5.41, 5.74) is 1.23. The number of hydrogen-bond donors (Lipinski definition) is 1. The molecule has 1 aromatic carbocycles. The normalized spacial score (nSPS) is 28.4. The fourth-order valence-electron chi connectivity index (χ4n) is 2.70. The second kappa shape index (κ2) is 5.40. The molecule has 0 amide bonds. The Morgan fingerprint density at radius 1 is 1.41 bits per heavy atom. The fraction of sp³-hybridized carbons (Fsp3) is 0.571. The molecule has 1 aromatic rings. The summed E-state index contributed by atoms with van der Waals surface area (Å²) in [6.45, 7) is 2.15. The Morgan fingerprint density at radius 2 is 2.18 bits per heavy atom. The van der Waals surface area contributed by atoms with E-state index in [2.05, 4.69) is 28.9 Å². The zero-order chi connectivity index (χ0) is 12.4. The Hall–Kier alpha value is -0.540. The van der Waals surface area contributed by atoms with Crippen LogP contribution in [0.2, 0.25) is 0 Å². The van der Waals surface area contributed by atoms with E-state index in [-0.39, 0.29) is 6.10 Å². The first kappa shape index (κ1) is 12.9. The highest BCUT2D eigenvalue weighted by molar-refractivity contribution is 9.10. The topological polar surface area (TPSA) is 29.5 Å². The summed E-state index contributed by atoms with van der Waals surface area (Å²) < 4.78 is 6.47. The lowest BCUT2D eigenvalue weighted by molar-refractivity contribution is 0.127. The Morgan fingerprint density at radius 3 is 2.76 bits per heavy atom. The van der Waals surface area contributed by atoms with Gasteiger partial charge in [0, 0.05) is 4.47 Å². The summed E-state index contributed by atoms with van der Waals surface area (Å²) in [6.07, 6.45) is 2.90. The summed E-state index contributed by atoms with van der Waals surface area (Å²) in [4.78, 5) is 0. The molecule has 17 heavy (non-hydrogen) atoms. The Kier molecular flexibility index (Phi) is 4.10. The summed E-state index contributed by atoms with van der Waals surface area (Å²) in [5, 5.41) is 9.79. The Balaban J connectivity index is 2.15. The summed E-state index contributed by atoms with van der Waals surface area (Å²) >= 11 is 3.50. The molecule has 0 aromatic heterocycles. The van der Waals surface area contributed by atoms with Crippen LogP contribution in [0.5, 0.6) is 5.75 Å². The van der Waals surface area contributed by atoms with Gasteiger partial charge in [-0.05, 0) is 54.9 Å². The van der Waals surface area contributed by atoms with Crippen LogP contribution < -0.4 is 4.74 Å². The summed E-state index contributed by atoms with van der Waals surface area (Å²) in [6, 6.07) is 6.11. The minimum atomic E-state index is -0.127. The maximum absolute atomic E-state index is 9.79. The van der Waals surface area contributed by atoms with Crippen molar-refractivity contribution in [1.82, 2.24) is 0 Å². The van der Waals surface area contributed by atoms with Crippen LogP contribution >= 0.6 is 15.9 Å². The molecule has 0 saturated heterocycles. The van der Waals surface area contributed by atoms with Gasteiger partial charge >= 0.3 is 0 Å². The average Bonchev–Trinajstić information content (AvgIpc) is 2.61. The first-order valence-electron chi connectivity index (χ1n) is 6.12. The van der Waals surface area contributed by atoms with Crippen molar-refractivity contribution in [3.05, 3.63) is 28.2 Å². The van der Waals surface area contributed by atoms with Gasteiger partial charge in [-0.15, -0.1) is 0 Å². The molecule has 3 atom stereocenters. The number of aliphatic hydroxyl groups is 1. The molecule has 0 radical (unpaired) electrons. The molecular weight excluding hydrogens is 280 g/mol. The van der Waals surface area contributed by atoms with E-state index in [1.807, 2.05) is 12.1 Å². The second-order valence-electron chi connectivity index (χ2n) is 4.92. The van der Waals surface area contributed by atoms with E-state index >= 15 is 0 Å². The number of benzene rings is 1. The SMILES string of the molecule is COc1ccc(Br)cc1CC1CCC(O)C1C. The molecule has 1 aliphatic carbocycles. The van der Waals surface area contributed by atoms with Crippen molar-refractivity contribution >= 4 is 15.9 Å². The Bertz CT molecular complexity index is 392. The van der Waals surface area contributed by atoms with Gasteiger partial charge in [0.2, 0.25) is 0 Å². The van der Waals surface area contributed by atoms with Crippen LogP contribution in [0.3, 0.4) is 0 Å². The number of rotatable bonds is 3. The van der Waals surface area contributed by atoms with E-state index in [1.165, 1.54) is 5.56 Å². The van der Waals surface area contributed by atoms with Crippen molar-refractivity contribution in [3.63, 3.8) is 0 Å². The van der Waals surface area contributed by atoms with Crippen LogP contribution in [0, 0.1) is 11.8 Å². The van der Waals surface area contributed by atoms with E-state index < -0.39 is 0 Å². The van der Waals surface area contributed by atoms with E-state index in [4.69, 9.17) is 4.74 Å². The zero-order valence-electron chi connectivity index (χ0n) is 10.3. The fourth-order valence-corrected chi connectivity index (χ4v) is 3.11. The maximum atomic E-state index is 9.79. The molecule has 2 nitrogen and oxygen atoms in total. The van der Waals surface area contributed by atoms with Crippen molar-refractivity contribution in [2.75, 3.05) is 7.11 Å². The molecule has 0 aliphatic heterocycles. The maximum Gasteiger partial charge on any atom is 0.122 e. The van der Waals surface area contributed by atoms with Gasteiger partial charge < -0.3 is 9.84 Å². The van der Waals surface area contributed by atoms with Crippen molar-refractivity contribution in [3.8, 4) is 5.75 Å². The molecule has 1 saturated carbocycles. The lowest BCUT2D eigenvalue weighted by Crippen LogP contribution is -2.17. The standard InChI is InChI=1S/C14H19BrO2/c1-9-10(3-5-13(9)16)7-11-8-12(15)4-6-14(11)17-2/h4,6,8-10,13,16H,3,5,7H2,1-2H3. The molecule has 94 valence electrons. The number of ether oxygens (including phenoxy) is 1. The predicted octanol–water partition coefficient (Wildman–Crippen LogP) is 3.41. The van der Waals surface area contributed by atoms with Crippen LogP contribution in [0.15, 0.2) is 22.7 Å². The number of halogens is 1. The zero-order valence-corrected chi connectivity index (χ0v) is 11.9. The van der Waals surface area contributed by atoms with Gasteiger partial charge in [0.1, 0.15) is 5.75 Å². The highest BCUT2D eigenvalue weighted by Crippen LogP contribution is 2.36. The highest BCUT2D eigenvalue weighted by atomic mass is 79.9. The van der Waals surface area contributed by atoms with E-state index in [1.54, 1.807) is 7.11 Å². The quantitative estimate of drug-likeness (QED) is 0.927. The van der Waals surface area contributed by atoms with Crippen LogP contribution in [-0.4, -0.2) is 18.3 Å².